The zero-order valence-electron chi connectivity index (χ0n) is 25.4. The van der Waals surface area contributed by atoms with Crippen LogP contribution in [0.25, 0.3) is 0 Å². The monoisotopic (exact) mass is 660 g/mol. The molecule has 1 N–H and O–H groups in total. The van der Waals surface area contributed by atoms with Crippen molar-refractivity contribution in [1.29, 1.82) is 0 Å². The average molecular weight is 662 g/mol. The number of anilines is 2. The van der Waals surface area contributed by atoms with Crippen LogP contribution in [-0.2, 0) is 14.4 Å². The number of likely N-dealkylation sites (N-methyl/N-ethyl adjacent to an activating group) is 1. The minimum absolute atomic E-state index is 0.0271. The molecule has 8 nitrogen and oxygen atoms in total. The number of hydrogen-bond donors (Lipinski definition) is 1. The number of benzene rings is 1. The van der Waals surface area contributed by atoms with Gasteiger partial charge in [0.1, 0.15) is 6.04 Å². The van der Waals surface area contributed by atoms with Crippen LogP contribution in [0.1, 0.15) is 34.1 Å². The summed E-state index contributed by atoms with van der Waals surface area (Å²) < 4.78 is -0.800. The highest BCUT2D eigenvalue weighted by atomic mass is 79.9. The number of aliphatic hydroxyl groups excluding tert-OH is 1. The summed E-state index contributed by atoms with van der Waals surface area (Å²) in [6.07, 6.45) is 3.95. The fourth-order valence-corrected chi connectivity index (χ4v) is 10.8. The summed E-state index contributed by atoms with van der Waals surface area (Å²) in [6, 6.07) is 6.53. The smallest absolute Gasteiger partial charge is 0.251 e. The van der Waals surface area contributed by atoms with Crippen LogP contribution in [0.15, 0.2) is 49.6 Å². The molecular formula is C32H45BrN4O4S. The molecule has 3 saturated heterocycles. The van der Waals surface area contributed by atoms with Gasteiger partial charge in [0.05, 0.1) is 29.2 Å². The van der Waals surface area contributed by atoms with Crippen LogP contribution >= 0.6 is 27.7 Å². The zero-order valence-corrected chi connectivity index (χ0v) is 27.8. The van der Waals surface area contributed by atoms with Gasteiger partial charge in [-0.2, -0.15) is 0 Å². The number of alkyl halides is 1. The van der Waals surface area contributed by atoms with E-state index < -0.39 is 28.7 Å². The molecule has 2 bridgehead atoms. The number of fused-ring (bicyclic) bond motifs is 1. The topological polar surface area (TPSA) is 84.4 Å². The second-order valence-electron chi connectivity index (χ2n) is 11.8. The van der Waals surface area contributed by atoms with Gasteiger partial charge in [0.2, 0.25) is 11.8 Å². The van der Waals surface area contributed by atoms with Crippen molar-refractivity contribution in [3.63, 3.8) is 0 Å². The molecular weight excluding hydrogens is 616 g/mol. The number of carbonyl (C=O) groups is 3. The van der Waals surface area contributed by atoms with Crippen LogP contribution in [0.3, 0.4) is 0 Å². The maximum atomic E-state index is 14.9. The van der Waals surface area contributed by atoms with Gasteiger partial charge in [-0.25, -0.2) is 0 Å². The number of hydrogen-bond acceptors (Lipinski definition) is 6. The SMILES string of the molecule is C=CCN(C)C(=O)[C@H]1[C@@H]2SC3(CC2Br)C(C(=O)N(CC=C)c2ccc(N(CC)CC)cc2)N([C@@H](CO)C(C)C)C(=O)[C@H]13. The van der Waals surface area contributed by atoms with Crippen LogP contribution in [0.2, 0.25) is 0 Å². The first-order valence-corrected chi connectivity index (χ1v) is 16.7. The Morgan fingerprint density at radius 3 is 2.24 bits per heavy atom. The average Bonchev–Trinajstić information content (AvgIpc) is 3.56. The highest BCUT2D eigenvalue weighted by Crippen LogP contribution is 2.68. The van der Waals surface area contributed by atoms with E-state index in [1.54, 1.807) is 45.7 Å². The van der Waals surface area contributed by atoms with Gasteiger partial charge in [-0.15, -0.1) is 24.9 Å². The van der Waals surface area contributed by atoms with Crippen LogP contribution < -0.4 is 9.80 Å². The van der Waals surface area contributed by atoms with Gasteiger partial charge >= 0.3 is 0 Å². The van der Waals surface area contributed by atoms with Gasteiger partial charge in [-0.3, -0.25) is 14.4 Å². The summed E-state index contributed by atoms with van der Waals surface area (Å²) >= 11 is 5.45. The summed E-state index contributed by atoms with van der Waals surface area (Å²) in [5.74, 6) is -1.84. The van der Waals surface area contributed by atoms with Crippen LogP contribution in [0.5, 0.6) is 0 Å². The van der Waals surface area contributed by atoms with Gasteiger partial charge in [-0.1, -0.05) is 41.9 Å². The van der Waals surface area contributed by atoms with Crippen molar-refractivity contribution in [3.8, 4) is 0 Å². The molecule has 1 aromatic carbocycles. The van der Waals surface area contributed by atoms with Crippen molar-refractivity contribution in [2.24, 2.45) is 17.8 Å². The molecule has 1 aromatic rings. The fraction of sp³-hybridized carbons (Fsp3) is 0.594. The van der Waals surface area contributed by atoms with E-state index in [0.29, 0.717) is 13.0 Å². The normalized spacial score (nSPS) is 28.5. The van der Waals surface area contributed by atoms with Gasteiger partial charge in [0.15, 0.2) is 0 Å². The quantitative estimate of drug-likeness (QED) is 0.253. The van der Waals surface area contributed by atoms with E-state index in [9.17, 15) is 19.5 Å². The molecule has 0 aromatic heterocycles. The van der Waals surface area contributed by atoms with Crippen molar-refractivity contribution in [2.45, 2.75) is 61.0 Å². The molecule has 3 heterocycles. The molecule has 3 unspecified atom stereocenters. The molecule has 3 aliphatic rings. The van der Waals surface area contributed by atoms with Crippen molar-refractivity contribution < 1.29 is 19.5 Å². The predicted molar refractivity (Wildman–Crippen MR) is 175 cm³/mol. The highest BCUT2D eigenvalue weighted by Gasteiger charge is 2.76. The Hall–Kier alpha value is -2.30. The van der Waals surface area contributed by atoms with Crippen LogP contribution in [-0.4, -0.2) is 99.4 Å². The Morgan fingerprint density at radius 2 is 1.71 bits per heavy atom. The second-order valence-corrected chi connectivity index (χ2v) is 14.6. The fourth-order valence-electron chi connectivity index (χ4n) is 7.18. The highest BCUT2D eigenvalue weighted by molar-refractivity contribution is 9.09. The first-order chi connectivity index (χ1) is 20.0. The number of halogens is 1. The molecule has 3 aliphatic heterocycles. The van der Waals surface area contributed by atoms with E-state index in [0.717, 1.165) is 24.5 Å². The Balaban J connectivity index is 1.82. The Labute approximate surface area is 263 Å². The molecule has 42 heavy (non-hydrogen) atoms. The third-order valence-electron chi connectivity index (χ3n) is 9.21. The summed E-state index contributed by atoms with van der Waals surface area (Å²) in [4.78, 5) is 50.3. The van der Waals surface area contributed by atoms with E-state index in [-0.39, 0.29) is 46.9 Å². The number of nitrogens with zero attached hydrogens (tertiary/aromatic N) is 4. The maximum Gasteiger partial charge on any atom is 0.251 e. The molecule has 1 spiro atoms. The van der Waals surface area contributed by atoms with E-state index >= 15 is 0 Å². The lowest BCUT2D eigenvalue weighted by Gasteiger charge is -2.41. The molecule has 0 aliphatic carbocycles. The lowest BCUT2D eigenvalue weighted by atomic mass is 9.70. The molecule has 230 valence electrons. The molecule has 3 fully saturated rings. The Bertz CT molecular complexity index is 1190. The van der Waals surface area contributed by atoms with Gasteiger partial charge in [0, 0.05) is 54.7 Å². The number of amides is 3. The third-order valence-corrected chi connectivity index (χ3v) is 12.4. The first kappa shape index (κ1) is 32.6. The molecule has 3 amide bonds. The second kappa shape index (κ2) is 13.1. The van der Waals surface area contributed by atoms with Crippen molar-refractivity contribution in [3.05, 3.63) is 49.6 Å². The van der Waals surface area contributed by atoms with Crippen LogP contribution in [0, 0.1) is 17.8 Å². The molecule has 0 radical (unpaired) electrons. The number of rotatable bonds is 13. The Morgan fingerprint density at radius 1 is 1.12 bits per heavy atom. The van der Waals surface area contributed by atoms with Gasteiger partial charge in [0.25, 0.3) is 5.91 Å². The van der Waals surface area contributed by atoms with Crippen LogP contribution in [0.4, 0.5) is 11.4 Å². The Kier molecular flexibility index (Phi) is 10.2. The standard InChI is InChI=1S/C32H45BrN4O4S/c1-8-16-34(7)29(39)25-26-30(40)37(24(19-38)20(5)6)28(32(26)18-23(33)27(25)42-32)31(41)36(17-9-2)22-14-12-21(13-15-22)35(10-3)11-4/h8-9,12-15,20,23-28,38H,1-2,10-11,16-19H2,3-7H3/t23?,24-,25+,26-,27+,28?,32?/m0/s1. The largest absolute Gasteiger partial charge is 0.394 e. The summed E-state index contributed by atoms with van der Waals surface area (Å²) in [6.45, 7) is 17.9. The number of likely N-dealkylation sites (tertiary alicyclic amines) is 1. The predicted octanol–water partition coefficient (Wildman–Crippen LogP) is 4.18. The van der Waals surface area contributed by atoms with Gasteiger partial charge < -0.3 is 24.7 Å². The number of carbonyl (C=O) groups excluding carboxylic acids is 3. The van der Waals surface area contributed by atoms with E-state index in [2.05, 4.69) is 47.8 Å². The maximum absolute atomic E-state index is 14.9. The minimum atomic E-state index is -0.838. The third kappa shape index (κ3) is 5.32. The molecule has 4 rings (SSSR count). The molecule has 0 saturated carbocycles. The molecule has 7 atom stereocenters. The van der Waals surface area contributed by atoms with E-state index in [1.807, 2.05) is 38.1 Å². The lowest BCUT2D eigenvalue weighted by Crippen LogP contribution is -2.59. The molecule has 10 heteroatoms. The summed E-state index contributed by atoms with van der Waals surface area (Å²) in [5, 5.41) is 10.4. The minimum Gasteiger partial charge on any atom is -0.394 e. The first-order valence-electron chi connectivity index (χ1n) is 14.9. The summed E-state index contributed by atoms with van der Waals surface area (Å²) in [5.41, 5.74) is 1.79. The summed E-state index contributed by atoms with van der Waals surface area (Å²) in [7, 11) is 1.73. The van der Waals surface area contributed by atoms with Crippen molar-refractivity contribution in [2.75, 3.05) is 49.6 Å². The van der Waals surface area contributed by atoms with E-state index in [1.165, 1.54) is 0 Å². The zero-order chi connectivity index (χ0) is 30.9. The lowest BCUT2D eigenvalue weighted by molar-refractivity contribution is -0.145. The van der Waals surface area contributed by atoms with E-state index in [4.69, 9.17) is 0 Å². The van der Waals surface area contributed by atoms with Gasteiger partial charge in [-0.05, 0) is 50.5 Å². The number of thioether (sulfide) groups is 1. The van der Waals surface area contributed by atoms with Crippen molar-refractivity contribution in [1.82, 2.24) is 9.80 Å². The number of aliphatic hydroxyl groups is 1. The van der Waals surface area contributed by atoms with Crippen molar-refractivity contribution >= 4 is 56.8 Å².